The molecular formula is C15H17N3O2. The van der Waals surface area contributed by atoms with E-state index in [1.165, 1.54) is 0 Å². The molecule has 1 aromatic heterocycles. The molecule has 2 fully saturated rings. The molecule has 1 saturated carbocycles. The standard InChI is InChI=1S/C15H17N3O2/c19-15(14-10-4-1-2-5-11(10)16-17-14)18-8-9-20-13-7-3-6-12(13)18/h1-2,4-5,12-13H,3,6-9H2,(H,16,17). The molecular weight excluding hydrogens is 254 g/mol. The van der Waals surface area contributed by atoms with Crippen molar-refractivity contribution in [2.75, 3.05) is 13.2 Å². The van der Waals surface area contributed by atoms with Crippen molar-refractivity contribution < 1.29 is 9.53 Å². The summed E-state index contributed by atoms with van der Waals surface area (Å²) in [6.07, 6.45) is 3.47. The number of carbonyl (C=O) groups is 1. The number of fused-ring (bicyclic) bond motifs is 2. The Hall–Kier alpha value is -1.88. The number of amides is 1. The van der Waals surface area contributed by atoms with Crippen molar-refractivity contribution in [1.29, 1.82) is 0 Å². The quantitative estimate of drug-likeness (QED) is 0.862. The Morgan fingerprint density at radius 3 is 3.20 bits per heavy atom. The number of carbonyl (C=O) groups excluding carboxylic acids is 1. The molecule has 2 unspecified atom stereocenters. The molecule has 2 atom stereocenters. The van der Waals surface area contributed by atoms with Gasteiger partial charge in [0.05, 0.1) is 24.3 Å². The summed E-state index contributed by atoms with van der Waals surface area (Å²) >= 11 is 0. The minimum Gasteiger partial charge on any atom is -0.374 e. The molecule has 5 heteroatoms. The number of ether oxygens (including phenoxy) is 1. The summed E-state index contributed by atoms with van der Waals surface area (Å²) in [6.45, 7) is 1.30. The highest BCUT2D eigenvalue weighted by atomic mass is 16.5. The topological polar surface area (TPSA) is 58.2 Å². The van der Waals surface area contributed by atoms with E-state index in [0.717, 1.165) is 30.2 Å². The van der Waals surface area contributed by atoms with Gasteiger partial charge in [-0.05, 0) is 25.3 Å². The Morgan fingerprint density at radius 1 is 1.35 bits per heavy atom. The second-order valence-corrected chi connectivity index (χ2v) is 5.52. The molecule has 1 saturated heterocycles. The highest BCUT2D eigenvalue weighted by Gasteiger charge is 2.39. The van der Waals surface area contributed by atoms with Gasteiger partial charge in [0.15, 0.2) is 5.69 Å². The molecule has 0 spiro atoms. The lowest BCUT2D eigenvalue weighted by atomic mass is 10.1. The minimum atomic E-state index is 0.0302. The summed E-state index contributed by atoms with van der Waals surface area (Å²) < 4.78 is 5.77. The molecule has 5 nitrogen and oxygen atoms in total. The Labute approximate surface area is 116 Å². The maximum atomic E-state index is 12.8. The van der Waals surface area contributed by atoms with Gasteiger partial charge in [0.1, 0.15) is 0 Å². The van der Waals surface area contributed by atoms with E-state index in [4.69, 9.17) is 4.74 Å². The molecule has 1 aliphatic carbocycles. The number of aromatic nitrogens is 2. The fourth-order valence-corrected chi connectivity index (χ4v) is 3.44. The first kappa shape index (κ1) is 11.9. The molecule has 0 bridgehead atoms. The van der Waals surface area contributed by atoms with Crippen molar-refractivity contribution in [3.63, 3.8) is 0 Å². The summed E-state index contributed by atoms with van der Waals surface area (Å²) in [5, 5.41) is 8.07. The number of benzene rings is 1. The molecule has 0 radical (unpaired) electrons. The number of nitrogens with zero attached hydrogens (tertiary/aromatic N) is 2. The number of H-pyrrole nitrogens is 1. The van der Waals surface area contributed by atoms with Crippen molar-refractivity contribution in [1.82, 2.24) is 15.1 Å². The predicted octanol–water partition coefficient (Wildman–Crippen LogP) is 1.96. The van der Waals surface area contributed by atoms with Crippen LogP contribution in [-0.2, 0) is 4.74 Å². The first-order chi connectivity index (χ1) is 9.84. The average molecular weight is 271 g/mol. The number of para-hydroxylation sites is 1. The SMILES string of the molecule is O=C(c1n[nH]c2ccccc12)N1CCOC2CCCC21. The summed E-state index contributed by atoms with van der Waals surface area (Å²) in [5.74, 6) is 0.0302. The van der Waals surface area contributed by atoms with E-state index in [9.17, 15) is 4.79 Å². The van der Waals surface area contributed by atoms with E-state index >= 15 is 0 Å². The summed E-state index contributed by atoms with van der Waals surface area (Å²) in [5.41, 5.74) is 1.44. The van der Waals surface area contributed by atoms with Crippen molar-refractivity contribution in [2.24, 2.45) is 0 Å². The van der Waals surface area contributed by atoms with Crippen LogP contribution in [-0.4, -0.2) is 46.3 Å². The highest BCUT2D eigenvalue weighted by Crippen LogP contribution is 2.31. The maximum absolute atomic E-state index is 12.8. The summed E-state index contributed by atoms with van der Waals surface area (Å²) in [7, 11) is 0. The fraction of sp³-hybridized carbons (Fsp3) is 0.467. The largest absolute Gasteiger partial charge is 0.374 e. The van der Waals surface area contributed by atoms with Crippen LogP contribution in [0.1, 0.15) is 29.8 Å². The Morgan fingerprint density at radius 2 is 2.25 bits per heavy atom. The zero-order chi connectivity index (χ0) is 13.5. The number of hydrogen-bond donors (Lipinski definition) is 1. The van der Waals surface area contributed by atoms with Gasteiger partial charge in [0.25, 0.3) is 5.91 Å². The Kier molecular flexibility index (Phi) is 2.73. The first-order valence-electron chi connectivity index (χ1n) is 7.20. The minimum absolute atomic E-state index is 0.0302. The molecule has 2 aromatic rings. The maximum Gasteiger partial charge on any atom is 0.275 e. The van der Waals surface area contributed by atoms with Crippen LogP contribution in [0.2, 0.25) is 0 Å². The van der Waals surface area contributed by atoms with Crippen LogP contribution in [0.15, 0.2) is 24.3 Å². The van der Waals surface area contributed by atoms with E-state index < -0.39 is 0 Å². The van der Waals surface area contributed by atoms with Crippen LogP contribution in [0.5, 0.6) is 0 Å². The number of morpholine rings is 1. The van der Waals surface area contributed by atoms with Gasteiger partial charge in [-0.2, -0.15) is 5.10 Å². The van der Waals surface area contributed by atoms with E-state index in [-0.39, 0.29) is 18.1 Å². The van der Waals surface area contributed by atoms with Gasteiger partial charge in [-0.1, -0.05) is 18.2 Å². The van der Waals surface area contributed by atoms with Crippen LogP contribution < -0.4 is 0 Å². The van der Waals surface area contributed by atoms with Crippen molar-refractivity contribution in [2.45, 2.75) is 31.4 Å². The third kappa shape index (κ3) is 1.73. The lowest BCUT2D eigenvalue weighted by molar-refractivity contribution is -0.0446. The van der Waals surface area contributed by atoms with Crippen LogP contribution >= 0.6 is 0 Å². The molecule has 2 aliphatic rings. The van der Waals surface area contributed by atoms with Crippen LogP contribution in [0.3, 0.4) is 0 Å². The molecule has 104 valence electrons. The van der Waals surface area contributed by atoms with Crippen LogP contribution in [0, 0.1) is 0 Å². The van der Waals surface area contributed by atoms with E-state index in [2.05, 4.69) is 10.2 Å². The lowest BCUT2D eigenvalue weighted by Crippen LogP contribution is -2.51. The summed E-state index contributed by atoms with van der Waals surface area (Å²) in [4.78, 5) is 14.8. The van der Waals surface area contributed by atoms with E-state index in [1.54, 1.807) is 0 Å². The van der Waals surface area contributed by atoms with Crippen molar-refractivity contribution >= 4 is 16.8 Å². The van der Waals surface area contributed by atoms with Gasteiger partial charge in [0.2, 0.25) is 0 Å². The molecule has 20 heavy (non-hydrogen) atoms. The van der Waals surface area contributed by atoms with E-state index in [1.807, 2.05) is 29.2 Å². The number of rotatable bonds is 1. The Balaban J connectivity index is 1.69. The Bertz CT molecular complexity index is 651. The smallest absolute Gasteiger partial charge is 0.275 e. The van der Waals surface area contributed by atoms with Gasteiger partial charge in [-0.25, -0.2) is 0 Å². The van der Waals surface area contributed by atoms with Crippen molar-refractivity contribution in [3.05, 3.63) is 30.0 Å². The second-order valence-electron chi connectivity index (χ2n) is 5.52. The zero-order valence-corrected chi connectivity index (χ0v) is 11.2. The third-order valence-corrected chi connectivity index (χ3v) is 4.42. The van der Waals surface area contributed by atoms with Crippen molar-refractivity contribution in [3.8, 4) is 0 Å². The molecule has 4 rings (SSSR count). The van der Waals surface area contributed by atoms with Gasteiger partial charge in [-0.3, -0.25) is 9.89 Å². The molecule has 1 aromatic carbocycles. The molecule has 1 N–H and O–H groups in total. The number of nitrogens with one attached hydrogen (secondary N) is 1. The second kappa shape index (κ2) is 4.59. The number of aromatic amines is 1. The molecule has 2 heterocycles. The van der Waals surface area contributed by atoms with Gasteiger partial charge in [-0.15, -0.1) is 0 Å². The van der Waals surface area contributed by atoms with E-state index in [0.29, 0.717) is 18.8 Å². The van der Waals surface area contributed by atoms with Crippen LogP contribution in [0.25, 0.3) is 10.9 Å². The predicted molar refractivity (Wildman–Crippen MR) is 74.5 cm³/mol. The average Bonchev–Trinajstić information content (AvgIpc) is 3.12. The van der Waals surface area contributed by atoms with Crippen LogP contribution in [0.4, 0.5) is 0 Å². The monoisotopic (exact) mass is 271 g/mol. The highest BCUT2D eigenvalue weighted by molar-refractivity contribution is 6.04. The van der Waals surface area contributed by atoms with Gasteiger partial charge < -0.3 is 9.64 Å². The normalized spacial score (nSPS) is 25.9. The number of hydrogen-bond acceptors (Lipinski definition) is 3. The third-order valence-electron chi connectivity index (χ3n) is 4.42. The van der Waals surface area contributed by atoms with Gasteiger partial charge >= 0.3 is 0 Å². The fourth-order valence-electron chi connectivity index (χ4n) is 3.44. The first-order valence-corrected chi connectivity index (χ1v) is 7.20. The zero-order valence-electron chi connectivity index (χ0n) is 11.2. The lowest BCUT2D eigenvalue weighted by Gasteiger charge is -2.37. The summed E-state index contributed by atoms with van der Waals surface area (Å²) in [6, 6.07) is 7.99. The van der Waals surface area contributed by atoms with Gasteiger partial charge in [0, 0.05) is 11.9 Å². The molecule has 1 aliphatic heterocycles. The molecule has 1 amide bonds.